The molecule has 0 radical (unpaired) electrons. The number of hydrogen-bond donors (Lipinski definition) is 1. The molecular formula is C18H23FN4O2. The van der Waals surface area contributed by atoms with Gasteiger partial charge < -0.3 is 5.32 Å². The Hall–Kier alpha value is -2.57. The molecule has 7 heteroatoms. The summed E-state index contributed by atoms with van der Waals surface area (Å²) in [5.74, 6) is -0.375. The van der Waals surface area contributed by atoms with Crippen molar-refractivity contribution in [2.75, 3.05) is 12.0 Å². The van der Waals surface area contributed by atoms with Crippen LogP contribution in [0, 0.1) is 4.91 Å². The van der Waals surface area contributed by atoms with E-state index in [0.717, 1.165) is 5.69 Å². The Kier molecular flexibility index (Phi) is 5.66. The minimum absolute atomic E-state index is 0.0188. The number of amides is 1. The first-order chi connectivity index (χ1) is 11.8. The Morgan fingerprint density at radius 3 is 2.68 bits per heavy atom. The summed E-state index contributed by atoms with van der Waals surface area (Å²) in [5.41, 5.74) is 2.03. The fraction of sp³-hybridized carbons (Fsp3) is 0.444. The molecular weight excluding hydrogens is 323 g/mol. The number of aryl methyl sites for hydroxylation is 1. The second-order valence-corrected chi connectivity index (χ2v) is 6.94. The number of halogens is 1. The van der Waals surface area contributed by atoms with Crippen LogP contribution in [0.5, 0.6) is 0 Å². The smallest absolute Gasteiger partial charge is 0.273 e. The molecule has 1 unspecified atom stereocenters. The van der Waals surface area contributed by atoms with Gasteiger partial charge in [0.05, 0.1) is 12.2 Å². The predicted octanol–water partition coefficient (Wildman–Crippen LogP) is 4.23. The lowest BCUT2D eigenvalue weighted by Crippen LogP contribution is -2.18. The molecule has 1 atom stereocenters. The van der Waals surface area contributed by atoms with Crippen LogP contribution in [0.2, 0.25) is 0 Å². The lowest BCUT2D eigenvalue weighted by molar-refractivity contribution is 0.101. The van der Waals surface area contributed by atoms with E-state index in [4.69, 9.17) is 0 Å². The van der Waals surface area contributed by atoms with Gasteiger partial charge in [-0.2, -0.15) is 10.0 Å². The zero-order chi connectivity index (χ0) is 18.6. The fourth-order valence-electron chi connectivity index (χ4n) is 2.35. The maximum atomic E-state index is 12.8. The normalized spacial score (nSPS) is 12.7. The van der Waals surface area contributed by atoms with Crippen molar-refractivity contribution in [3.8, 4) is 0 Å². The summed E-state index contributed by atoms with van der Waals surface area (Å²) in [5, 5.41) is 10.1. The highest BCUT2D eigenvalue weighted by atomic mass is 19.1. The van der Waals surface area contributed by atoms with E-state index in [1.807, 2.05) is 20.8 Å². The average Bonchev–Trinajstić information content (AvgIpc) is 2.99. The molecule has 0 aliphatic heterocycles. The lowest BCUT2D eigenvalue weighted by atomic mass is 9.92. The van der Waals surface area contributed by atoms with Crippen LogP contribution in [-0.2, 0) is 12.0 Å². The zero-order valence-corrected chi connectivity index (χ0v) is 14.9. The Balaban J connectivity index is 2.29. The van der Waals surface area contributed by atoms with Crippen LogP contribution in [0.15, 0.2) is 35.5 Å². The van der Waals surface area contributed by atoms with Crippen molar-refractivity contribution in [3.05, 3.63) is 52.2 Å². The molecule has 0 fully saturated rings. The van der Waals surface area contributed by atoms with Gasteiger partial charge in [-0.15, -0.1) is 0 Å². The number of carbonyl (C=O) groups is 1. The molecule has 1 aromatic carbocycles. The summed E-state index contributed by atoms with van der Waals surface area (Å²) in [6.07, 6.45) is 0. The number of hydrogen-bond acceptors (Lipinski definition) is 4. The number of nitroso groups, excluding NO2 is 1. The van der Waals surface area contributed by atoms with Gasteiger partial charge in [0.2, 0.25) is 0 Å². The Morgan fingerprint density at radius 1 is 1.36 bits per heavy atom. The minimum Gasteiger partial charge on any atom is -0.321 e. The van der Waals surface area contributed by atoms with Crippen molar-refractivity contribution in [1.29, 1.82) is 0 Å². The number of rotatable bonds is 6. The number of alkyl halides is 1. The van der Waals surface area contributed by atoms with E-state index in [1.54, 1.807) is 37.3 Å². The van der Waals surface area contributed by atoms with Crippen LogP contribution in [0.25, 0.3) is 0 Å². The van der Waals surface area contributed by atoms with Crippen molar-refractivity contribution in [3.63, 3.8) is 0 Å². The number of anilines is 1. The van der Waals surface area contributed by atoms with Gasteiger partial charge in [-0.3, -0.25) is 9.48 Å². The molecule has 1 N–H and O–H groups in total. The van der Waals surface area contributed by atoms with E-state index in [1.165, 1.54) is 4.68 Å². The largest absolute Gasteiger partial charge is 0.321 e. The summed E-state index contributed by atoms with van der Waals surface area (Å²) in [6.45, 7) is 7.03. The summed E-state index contributed by atoms with van der Waals surface area (Å²) in [6, 6.07) is 8.12. The van der Waals surface area contributed by atoms with Gasteiger partial charge in [-0.25, -0.2) is 4.39 Å². The summed E-state index contributed by atoms with van der Waals surface area (Å²) in [4.78, 5) is 23.3. The van der Waals surface area contributed by atoms with Gasteiger partial charge in [0.15, 0.2) is 0 Å². The van der Waals surface area contributed by atoms with Gasteiger partial charge in [-0.05, 0) is 30.7 Å². The van der Waals surface area contributed by atoms with Crippen molar-refractivity contribution in [2.45, 2.75) is 45.7 Å². The van der Waals surface area contributed by atoms with Crippen LogP contribution >= 0.6 is 0 Å². The molecule has 134 valence electrons. The minimum atomic E-state index is -0.608. The molecule has 6 nitrogen and oxygen atoms in total. The third-order valence-electron chi connectivity index (χ3n) is 3.86. The molecule has 0 saturated carbocycles. The molecule has 1 amide bonds. The molecule has 0 saturated heterocycles. The van der Waals surface area contributed by atoms with Crippen molar-refractivity contribution in [2.24, 2.45) is 5.18 Å². The standard InChI is InChI=1S/C18H23FN4O2/c1-12(22-25)13-6-5-7-14(10-13)20-17(24)15-11-16(18(2,3)4)21-23(15)9-8-19/h5-7,10-12H,8-9H2,1-4H3,(H,20,24). The van der Waals surface area contributed by atoms with E-state index < -0.39 is 12.7 Å². The van der Waals surface area contributed by atoms with Gasteiger partial charge in [0.1, 0.15) is 18.4 Å². The van der Waals surface area contributed by atoms with Crippen molar-refractivity contribution >= 4 is 11.6 Å². The first-order valence-corrected chi connectivity index (χ1v) is 8.14. The Labute approximate surface area is 146 Å². The van der Waals surface area contributed by atoms with Gasteiger partial charge >= 0.3 is 0 Å². The number of carbonyl (C=O) groups excluding carboxylic acids is 1. The number of nitrogens with zero attached hydrogens (tertiary/aromatic N) is 3. The van der Waals surface area contributed by atoms with Crippen LogP contribution in [0.4, 0.5) is 10.1 Å². The molecule has 25 heavy (non-hydrogen) atoms. The van der Waals surface area contributed by atoms with Crippen molar-refractivity contribution < 1.29 is 9.18 Å². The summed E-state index contributed by atoms with van der Waals surface area (Å²) >= 11 is 0. The molecule has 0 spiro atoms. The Bertz CT molecular complexity index is 765. The van der Waals surface area contributed by atoms with Gasteiger partial charge in [0, 0.05) is 11.1 Å². The summed E-state index contributed by atoms with van der Waals surface area (Å²) < 4.78 is 14.2. The van der Waals surface area contributed by atoms with Gasteiger partial charge in [0.25, 0.3) is 5.91 Å². The molecule has 0 aliphatic carbocycles. The summed E-state index contributed by atoms with van der Waals surface area (Å²) in [7, 11) is 0. The number of benzene rings is 1. The van der Waals surface area contributed by atoms with E-state index in [-0.39, 0.29) is 17.9 Å². The second kappa shape index (κ2) is 7.55. The maximum absolute atomic E-state index is 12.8. The highest BCUT2D eigenvalue weighted by molar-refractivity contribution is 6.03. The van der Waals surface area contributed by atoms with Crippen LogP contribution in [-0.4, -0.2) is 22.4 Å². The van der Waals surface area contributed by atoms with E-state index in [9.17, 15) is 14.1 Å². The molecule has 2 aromatic rings. The van der Waals surface area contributed by atoms with Crippen LogP contribution in [0.1, 0.15) is 55.5 Å². The molecule has 2 rings (SSSR count). The quantitative estimate of drug-likeness (QED) is 0.795. The average molecular weight is 346 g/mol. The van der Waals surface area contributed by atoms with Crippen LogP contribution in [0.3, 0.4) is 0 Å². The maximum Gasteiger partial charge on any atom is 0.273 e. The van der Waals surface area contributed by atoms with Gasteiger partial charge in [-0.1, -0.05) is 38.1 Å². The third-order valence-corrected chi connectivity index (χ3v) is 3.86. The Morgan fingerprint density at radius 2 is 2.08 bits per heavy atom. The molecule has 1 heterocycles. The first kappa shape index (κ1) is 18.8. The molecule has 0 bridgehead atoms. The topological polar surface area (TPSA) is 76.3 Å². The number of nitrogens with one attached hydrogen (secondary N) is 1. The predicted molar refractivity (Wildman–Crippen MR) is 95.5 cm³/mol. The monoisotopic (exact) mass is 346 g/mol. The van der Waals surface area contributed by atoms with Crippen LogP contribution < -0.4 is 5.32 Å². The first-order valence-electron chi connectivity index (χ1n) is 8.14. The fourth-order valence-corrected chi connectivity index (χ4v) is 2.35. The zero-order valence-electron chi connectivity index (χ0n) is 14.9. The van der Waals surface area contributed by atoms with E-state index in [0.29, 0.717) is 16.9 Å². The second-order valence-electron chi connectivity index (χ2n) is 6.94. The highest BCUT2D eigenvalue weighted by Crippen LogP contribution is 2.23. The van der Waals surface area contributed by atoms with E-state index in [2.05, 4.69) is 15.6 Å². The lowest BCUT2D eigenvalue weighted by Gasteiger charge is -2.13. The molecule has 1 aromatic heterocycles. The van der Waals surface area contributed by atoms with Crippen molar-refractivity contribution in [1.82, 2.24) is 9.78 Å². The number of aromatic nitrogens is 2. The highest BCUT2D eigenvalue weighted by Gasteiger charge is 2.23. The van der Waals surface area contributed by atoms with E-state index >= 15 is 0 Å². The SMILES string of the molecule is CC(N=O)c1cccc(NC(=O)c2cc(C(C)(C)C)nn2CCF)c1. The molecule has 0 aliphatic rings. The third kappa shape index (κ3) is 4.49.